The van der Waals surface area contributed by atoms with Crippen molar-refractivity contribution in [1.29, 1.82) is 0 Å². The number of anilines is 2. The Bertz CT molecular complexity index is 1430. The standard InChI is InChI=1S/C19H14Cl2F3N9O2/c1-35-9-18(19(22,23)24)8-31(12-7-25-14-5-13(21)30-32(14)15(12)18)17(34)29-10-4-11(20)16(26-6-10)33-27-2-3-28-33/h2-7H,8-9H2,1H3,(H,29,34)/t18-/m1/s1. The summed E-state index contributed by atoms with van der Waals surface area (Å²) in [5.41, 5.74) is -2.75. The maximum atomic E-state index is 14.5. The average Bonchev–Trinajstić information content (AvgIpc) is 3.50. The number of nitrogens with zero attached hydrogens (tertiary/aromatic N) is 8. The molecule has 1 aliphatic heterocycles. The van der Waals surface area contributed by atoms with Gasteiger partial charge in [-0.1, -0.05) is 23.2 Å². The number of carbonyl (C=O) groups excluding carboxylic acids is 1. The molecule has 35 heavy (non-hydrogen) atoms. The molecule has 0 aliphatic carbocycles. The van der Waals surface area contributed by atoms with Crippen molar-refractivity contribution in [2.24, 2.45) is 0 Å². The van der Waals surface area contributed by atoms with Gasteiger partial charge >= 0.3 is 12.2 Å². The van der Waals surface area contributed by atoms with Crippen LogP contribution in [0.3, 0.4) is 0 Å². The largest absolute Gasteiger partial charge is 0.404 e. The molecule has 2 amide bonds. The monoisotopic (exact) mass is 527 g/mol. The minimum Gasteiger partial charge on any atom is -0.383 e. The fourth-order valence-corrected chi connectivity index (χ4v) is 4.40. The van der Waals surface area contributed by atoms with E-state index in [1.54, 1.807) is 0 Å². The Hall–Kier alpha value is -3.49. The van der Waals surface area contributed by atoms with E-state index in [1.165, 1.54) is 41.7 Å². The molecule has 0 saturated heterocycles. The second-order valence-corrected chi connectivity index (χ2v) is 8.40. The molecular weight excluding hydrogens is 514 g/mol. The molecule has 16 heteroatoms. The summed E-state index contributed by atoms with van der Waals surface area (Å²) in [6.07, 6.45) is 0.513. The Morgan fingerprint density at radius 3 is 2.60 bits per heavy atom. The van der Waals surface area contributed by atoms with Crippen LogP contribution in [-0.2, 0) is 10.2 Å². The summed E-state index contributed by atoms with van der Waals surface area (Å²) >= 11 is 12.2. The highest BCUT2D eigenvalue weighted by Gasteiger charge is 2.64. The SMILES string of the molecule is COC[C@]1(C(F)(F)F)CN(C(=O)Nc2cnc(-n3nccn3)c(Cl)c2)c2cnc3cc(Cl)nn3c21. The molecule has 0 aromatic carbocycles. The zero-order valence-corrected chi connectivity index (χ0v) is 19.2. The van der Waals surface area contributed by atoms with Gasteiger partial charge in [-0.05, 0) is 6.07 Å². The number of halogens is 5. The smallest absolute Gasteiger partial charge is 0.383 e. The first-order chi connectivity index (χ1) is 16.6. The molecule has 182 valence electrons. The Kier molecular flexibility index (Phi) is 5.53. The van der Waals surface area contributed by atoms with Crippen molar-refractivity contribution in [3.8, 4) is 5.82 Å². The number of methoxy groups -OCH3 is 1. The van der Waals surface area contributed by atoms with E-state index >= 15 is 0 Å². The highest BCUT2D eigenvalue weighted by atomic mass is 35.5. The van der Waals surface area contributed by atoms with Crippen LogP contribution in [0.4, 0.5) is 29.3 Å². The third-order valence-corrected chi connectivity index (χ3v) is 5.93. The molecule has 0 bridgehead atoms. The summed E-state index contributed by atoms with van der Waals surface area (Å²) in [7, 11) is 1.15. The number of carbonyl (C=O) groups is 1. The summed E-state index contributed by atoms with van der Waals surface area (Å²) in [4.78, 5) is 23.5. The van der Waals surface area contributed by atoms with Gasteiger partial charge in [0.2, 0.25) is 0 Å². The quantitative estimate of drug-likeness (QED) is 0.431. The van der Waals surface area contributed by atoms with Crippen LogP contribution in [0.1, 0.15) is 5.69 Å². The summed E-state index contributed by atoms with van der Waals surface area (Å²) in [5, 5.41) is 14.4. The highest BCUT2D eigenvalue weighted by molar-refractivity contribution is 6.32. The van der Waals surface area contributed by atoms with Crippen molar-refractivity contribution in [2.45, 2.75) is 11.6 Å². The Labute approximate surface area is 204 Å². The van der Waals surface area contributed by atoms with Crippen molar-refractivity contribution >= 4 is 46.3 Å². The van der Waals surface area contributed by atoms with E-state index in [4.69, 9.17) is 27.9 Å². The zero-order valence-electron chi connectivity index (χ0n) is 17.7. The van der Waals surface area contributed by atoms with Gasteiger partial charge in [0, 0.05) is 13.2 Å². The summed E-state index contributed by atoms with van der Waals surface area (Å²) in [6.45, 7) is -1.54. The van der Waals surface area contributed by atoms with Gasteiger partial charge < -0.3 is 10.1 Å². The van der Waals surface area contributed by atoms with Gasteiger partial charge in [0.25, 0.3) is 0 Å². The van der Waals surface area contributed by atoms with Crippen molar-refractivity contribution in [3.05, 3.63) is 52.8 Å². The maximum absolute atomic E-state index is 14.5. The minimum atomic E-state index is -4.80. The number of hydrogen-bond donors (Lipinski definition) is 1. The Balaban J connectivity index is 1.54. The lowest BCUT2D eigenvalue weighted by Gasteiger charge is -2.31. The molecule has 1 aliphatic rings. The van der Waals surface area contributed by atoms with Gasteiger partial charge in [-0.15, -0.1) is 4.80 Å². The van der Waals surface area contributed by atoms with E-state index < -0.39 is 30.8 Å². The molecule has 5 rings (SSSR count). The first kappa shape index (κ1) is 23.3. The minimum absolute atomic E-state index is 0.0465. The van der Waals surface area contributed by atoms with Crippen molar-refractivity contribution in [2.75, 3.05) is 30.5 Å². The predicted molar refractivity (Wildman–Crippen MR) is 118 cm³/mol. The third kappa shape index (κ3) is 3.73. The molecule has 4 aromatic rings. The van der Waals surface area contributed by atoms with Gasteiger partial charge in [-0.25, -0.2) is 19.3 Å². The van der Waals surface area contributed by atoms with Gasteiger partial charge in [0.15, 0.2) is 22.0 Å². The van der Waals surface area contributed by atoms with E-state index in [-0.39, 0.29) is 38.7 Å². The average molecular weight is 528 g/mol. The second kappa shape index (κ2) is 8.32. The van der Waals surface area contributed by atoms with E-state index in [0.29, 0.717) is 0 Å². The molecule has 0 unspecified atom stereocenters. The summed E-state index contributed by atoms with van der Waals surface area (Å²) in [6, 6.07) is 1.83. The van der Waals surface area contributed by atoms with Crippen LogP contribution >= 0.6 is 23.2 Å². The van der Waals surface area contributed by atoms with Crippen LogP contribution in [0.15, 0.2) is 36.9 Å². The van der Waals surface area contributed by atoms with Crippen LogP contribution in [0.5, 0.6) is 0 Å². The molecule has 11 nitrogen and oxygen atoms in total. The fourth-order valence-electron chi connectivity index (χ4n) is 3.98. The molecule has 0 saturated carbocycles. The number of fused-ring (bicyclic) bond motifs is 3. The number of urea groups is 1. The lowest BCUT2D eigenvalue weighted by atomic mass is 9.86. The third-order valence-electron chi connectivity index (χ3n) is 5.47. The molecule has 0 fully saturated rings. The second-order valence-electron chi connectivity index (χ2n) is 7.61. The number of rotatable bonds is 4. The van der Waals surface area contributed by atoms with Gasteiger partial charge in [0.05, 0.1) is 60.0 Å². The number of aromatic nitrogens is 7. The number of pyridine rings is 1. The van der Waals surface area contributed by atoms with Crippen molar-refractivity contribution in [3.63, 3.8) is 0 Å². The number of amides is 2. The Morgan fingerprint density at radius 1 is 1.20 bits per heavy atom. The lowest BCUT2D eigenvalue weighted by molar-refractivity contribution is -0.199. The molecule has 1 N–H and O–H groups in total. The van der Waals surface area contributed by atoms with E-state index in [0.717, 1.165) is 16.5 Å². The molecule has 1 atom stereocenters. The Morgan fingerprint density at radius 2 is 1.94 bits per heavy atom. The number of hydrogen-bond acceptors (Lipinski definition) is 7. The molecule has 0 radical (unpaired) electrons. The number of nitrogens with one attached hydrogen (secondary N) is 1. The first-order valence-electron chi connectivity index (χ1n) is 9.86. The van der Waals surface area contributed by atoms with E-state index in [2.05, 4.69) is 30.6 Å². The topological polar surface area (TPSA) is 115 Å². The van der Waals surface area contributed by atoms with Crippen LogP contribution in [-0.4, -0.2) is 67.0 Å². The summed E-state index contributed by atoms with van der Waals surface area (Å²) in [5.74, 6) is 0.208. The van der Waals surface area contributed by atoms with Crippen LogP contribution in [0, 0.1) is 0 Å². The summed E-state index contributed by atoms with van der Waals surface area (Å²) < 4.78 is 49.6. The number of ether oxygens (including phenoxy) is 1. The highest BCUT2D eigenvalue weighted by Crippen LogP contribution is 2.50. The zero-order chi connectivity index (χ0) is 25.0. The number of alkyl halides is 3. The fraction of sp³-hybridized carbons (Fsp3) is 0.263. The van der Waals surface area contributed by atoms with Gasteiger partial charge in [0.1, 0.15) is 0 Å². The normalized spacial score (nSPS) is 17.7. The van der Waals surface area contributed by atoms with Crippen LogP contribution < -0.4 is 10.2 Å². The van der Waals surface area contributed by atoms with Crippen LogP contribution in [0.2, 0.25) is 10.2 Å². The first-order valence-corrected chi connectivity index (χ1v) is 10.6. The van der Waals surface area contributed by atoms with Crippen molar-refractivity contribution in [1.82, 2.24) is 34.6 Å². The molecule has 0 spiro atoms. The molecular formula is C19H14Cl2F3N9O2. The maximum Gasteiger partial charge on any atom is 0.404 e. The lowest BCUT2D eigenvalue weighted by Crippen LogP contribution is -2.51. The van der Waals surface area contributed by atoms with Gasteiger partial charge in [-0.2, -0.15) is 28.5 Å². The van der Waals surface area contributed by atoms with E-state index in [1.807, 2.05) is 0 Å². The van der Waals surface area contributed by atoms with Crippen molar-refractivity contribution < 1.29 is 22.7 Å². The van der Waals surface area contributed by atoms with E-state index in [9.17, 15) is 18.0 Å². The van der Waals surface area contributed by atoms with Gasteiger partial charge in [-0.3, -0.25) is 4.90 Å². The predicted octanol–water partition coefficient (Wildman–Crippen LogP) is 3.51. The van der Waals surface area contributed by atoms with Crippen LogP contribution in [0.25, 0.3) is 11.5 Å². The molecule has 4 aromatic heterocycles. The molecule has 5 heterocycles.